The van der Waals surface area contributed by atoms with Crippen LogP contribution in [0.25, 0.3) is 22.4 Å². The summed E-state index contributed by atoms with van der Waals surface area (Å²) in [4.78, 5) is 17.5. The zero-order chi connectivity index (χ0) is 21.2. The molecule has 5 rings (SSSR count). The molecule has 2 aromatic carbocycles. The number of ketones is 1. The van der Waals surface area contributed by atoms with E-state index in [2.05, 4.69) is 4.98 Å². The number of aromatic nitrogens is 1. The molecule has 30 heavy (non-hydrogen) atoms. The molecule has 2 aliphatic rings. The van der Waals surface area contributed by atoms with Crippen LogP contribution in [0.2, 0.25) is 0 Å². The van der Waals surface area contributed by atoms with E-state index < -0.39 is 34.4 Å². The van der Waals surface area contributed by atoms with Gasteiger partial charge in [0.1, 0.15) is 11.6 Å². The van der Waals surface area contributed by atoms with Crippen molar-refractivity contribution in [3.05, 3.63) is 93.9 Å². The quantitative estimate of drug-likeness (QED) is 0.261. The average molecular weight is 402 g/mol. The molecule has 0 radical (unpaired) electrons. The Morgan fingerprint density at radius 2 is 1.73 bits per heavy atom. The van der Waals surface area contributed by atoms with E-state index in [-0.39, 0.29) is 22.5 Å². The van der Waals surface area contributed by atoms with E-state index in [9.17, 15) is 28.3 Å². The number of phenols is 1. The molecule has 0 spiro atoms. The summed E-state index contributed by atoms with van der Waals surface area (Å²) in [6.07, 6.45) is 2.44. The molecule has 0 saturated heterocycles. The summed E-state index contributed by atoms with van der Waals surface area (Å²) in [6, 6.07) is 10.0. The van der Waals surface area contributed by atoms with Crippen LogP contribution in [-0.4, -0.2) is 15.9 Å². The Balaban J connectivity index is 1.96. The van der Waals surface area contributed by atoms with Gasteiger partial charge in [-0.3, -0.25) is 9.78 Å². The Bertz CT molecular complexity index is 1410. The minimum Gasteiger partial charge on any atom is -0.507 e. The highest BCUT2D eigenvalue weighted by molar-refractivity contribution is 6.33. The zero-order valence-electron chi connectivity index (χ0n) is 15.0. The third-order valence-electron chi connectivity index (χ3n) is 5.25. The van der Waals surface area contributed by atoms with Gasteiger partial charge in [-0.05, 0) is 17.7 Å². The lowest BCUT2D eigenvalue weighted by Gasteiger charge is -2.09. The van der Waals surface area contributed by atoms with Crippen molar-refractivity contribution in [1.29, 1.82) is 5.26 Å². The van der Waals surface area contributed by atoms with E-state index in [4.69, 9.17) is 0 Å². The van der Waals surface area contributed by atoms with Crippen LogP contribution in [0.5, 0.6) is 5.75 Å². The van der Waals surface area contributed by atoms with Crippen LogP contribution in [-0.2, 0) is 0 Å². The van der Waals surface area contributed by atoms with Gasteiger partial charge in [-0.25, -0.2) is 13.2 Å². The van der Waals surface area contributed by atoms with Gasteiger partial charge < -0.3 is 5.11 Å². The van der Waals surface area contributed by atoms with Crippen LogP contribution in [0.3, 0.4) is 0 Å². The third kappa shape index (κ3) is 2.16. The van der Waals surface area contributed by atoms with Crippen molar-refractivity contribution in [3.63, 3.8) is 0 Å². The predicted octanol–water partition coefficient (Wildman–Crippen LogP) is 4.79. The number of hydrogen-bond donors (Lipinski definition) is 1. The number of rotatable bonds is 0. The van der Waals surface area contributed by atoms with Crippen LogP contribution in [0.4, 0.5) is 13.2 Å². The lowest BCUT2D eigenvalue weighted by atomic mass is 9.93. The largest absolute Gasteiger partial charge is 0.507 e. The number of hydrogen-bond acceptors (Lipinski definition) is 4. The normalized spacial score (nSPS) is 17.7. The fourth-order valence-corrected chi connectivity index (χ4v) is 4.12. The topological polar surface area (TPSA) is 74.0 Å². The van der Waals surface area contributed by atoms with E-state index in [1.54, 1.807) is 30.3 Å². The summed E-state index contributed by atoms with van der Waals surface area (Å²) in [5, 5.41) is 19.6. The number of Topliss-reactive ketones (excluding diaryl/α,β-unsaturated/α-hetero) is 1. The minimum atomic E-state index is -1.49. The Labute approximate surface area is 167 Å². The highest BCUT2D eigenvalue weighted by Gasteiger charge is 2.41. The first kappa shape index (κ1) is 17.9. The maximum absolute atomic E-state index is 14.6. The summed E-state index contributed by atoms with van der Waals surface area (Å²) < 4.78 is 43.0. The van der Waals surface area contributed by atoms with Crippen molar-refractivity contribution in [1.82, 2.24) is 4.98 Å². The Morgan fingerprint density at radius 1 is 0.967 bits per heavy atom. The first-order valence-electron chi connectivity index (χ1n) is 8.80. The molecule has 0 saturated carbocycles. The standard InChI is InChI=1S/C23H9F3N2O2/c24-13-9-14(25)21(26)20-17(13)11(6-7-27)19(23(20)30)16-10-3-1-5-15(29)18(10)22-12(16)4-2-8-28-22/h1-6,8-9,29H/b11-6+,19-16-. The van der Waals surface area contributed by atoms with Crippen LogP contribution < -0.4 is 0 Å². The number of carbonyl (C=O) groups excluding carboxylic acids is 1. The Morgan fingerprint density at radius 3 is 2.50 bits per heavy atom. The van der Waals surface area contributed by atoms with Crippen molar-refractivity contribution in [2.24, 2.45) is 0 Å². The smallest absolute Gasteiger partial charge is 0.198 e. The number of pyridine rings is 1. The number of halogens is 3. The van der Waals surface area contributed by atoms with Crippen molar-refractivity contribution in [2.75, 3.05) is 0 Å². The molecule has 7 heteroatoms. The SMILES string of the molecule is N#C/C=C1/C(=C2/c3cccnc3-c3c(O)cccc32)C(=O)c2c(F)c(F)cc(F)c21. The molecule has 0 aliphatic heterocycles. The van der Waals surface area contributed by atoms with Gasteiger partial charge in [0.25, 0.3) is 0 Å². The van der Waals surface area contributed by atoms with Crippen molar-refractivity contribution in [3.8, 4) is 23.1 Å². The van der Waals surface area contributed by atoms with Gasteiger partial charge in [0.15, 0.2) is 17.4 Å². The molecule has 0 fully saturated rings. The molecular formula is C23H9F3N2O2. The number of aromatic hydroxyl groups is 1. The zero-order valence-corrected chi connectivity index (χ0v) is 15.0. The number of benzene rings is 2. The second kappa shape index (κ2) is 6.16. The maximum Gasteiger partial charge on any atom is 0.198 e. The fourth-order valence-electron chi connectivity index (χ4n) is 4.12. The Hall–Kier alpha value is -4.18. The molecule has 0 amide bonds. The number of fused-ring (bicyclic) bond motifs is 4. The highest BCUT2D eigenvalue weighted by atomic mass is 19.2. The minimum absolute atomic E-state index is 0.0831. The first-order chi connectivity index (χ1) is 14.5. The number of allylic oxidation sites excluding steroid dienone is 3. The molecule has 1 heterocycles. The van der Waals surface area contributed by atoms with Gasteiger partial charge in [-0.1, -0.05) is 18.2 Å². The average Bonchev–Trinajstić information content (AvgIpc) is 3.20. The number of carbonyl (C=O) groups is 1. The number of nitrogens with zero attached hydrogens (tertiary/aromatic N) is 2. The summed E-state index contributed by atoms with van der Waals surface area (Å²) >= 11 is 0. The molecule has 1 N–H and O–H groups in total. The Kier molecular flexibility index (Phi) is 3.67. The van der Waals surface area contributed by atoms with Gasteiger partial charge in [0, 0.05) is 46.2 Å². The van der Waals surface area contributed by atoms with Gasteiger partial charge in [-0.2, -0.15) is 5.26 Å². The number of nitriles is 1. The van der Waals surface area contributed by atoms with Gasteiger partial charge in [0.05, 0.1) is 22.9 Å². The molecule has 0 unspecified atom stereocenters. The monoisotopic (exact) mass is 402 g/mol. The second-order valence-corrected chi connectivity index (χ2v) is 6.77. The lowest BCUT2D eigenvalue weighted by Crippen LogP contribution is -2.04. The number of phenolic OH excluding ortho intramolecular Hbond substituents is 1. The van der Waals surface area contributed by atoms with Gasteiger partial charge in [-0.15, -0.1) is 0 Å². The van der Waals surface area contributed by atoms with E-state index in [0.29, 0.717) is 28.5 Å². The molecule has 4 nitrogen and oxygen atoms in total. The molecule has 144 valence electrons. The molecule has 0 bridgehead atoms. The third-order valence-corrected chi connectivity index (χ3v) is 5.25. The second-order valence-electron chi connectivity index (χ2n) is 6.77. The summed E-state index contributed by atoms with van der Waals surface area (Å²) in [5.41, 5.74) is 0.398. The van der Waals surface area contributed by atoms with Crippen molar-refractivity contribution >= 4 is 16.9 Å². The summed E-state index contributed by atoms with van der Waals surface area (Å²) in [7, 11) is 0. The van der Waals surface area contributed by atoms with E-state index in [0.717, 1.165) is 6.08 Å². The molecular weight excluding hydrogens is 393 g/mol. The summed E-state index contributed by atoms with van der Waals surface area (Å²) in [5.74, 6) is -5.14. The predicted molar refractivity (Wildman–Crippen MR) is 102 cm³/mol. The molecule has 1 aromatic heterocycles. The highest BCUT2D eigenvalue weighted by Crippen LogP contribution is 2.52. The van der Waals surface area contributed by atoms with Gasteiger partial charge in [0.2, 0.25) is 0 Å². The van der Waals surface area contributed by atoms with E-state index >= 15 is 0 Å². The first-order valence-corrected chi connectivity index (χ1v) is 8.80. The van der Waals surface area contributed by atoms with Crippen LogP contribution in [0.1, 0.15) is 27.0 Å². The van der Waals surface area contributed by atoms with Crippen molar-refractivity contribution in [2.45, 2.75) is 0 Å². The fraction of sp³-hybridized carbons (Fsp3) is 0. The van der Waals surface area contributed by atoms with Gasteiger partial charge >= 0.3 is 0 Å². The van der Waals surface area contributed by atoms with Crippen LogP contribution in [0.15, 0.2) is 54.2 Å². The van der Waals surface area contributed by atoms with Crippen LogP contribution in [0, 0.1) is 28.8 Å². The molecule has 3 aromatic rings. The molecule has 0 atom stereocenters. The lowest BCUT2D eigenvalue weighted by molar-refractivity contribution is 0.103. The van der Waals surface area contributed by atoms with Crippen molar-refractivity contribution < 1.29 is 23.1 Å². The maximum atomic E-state index is 14.6. The van der Waals surface area contributed by atoms with Crippen LogP contribution >= 0.6 is 0 Å². The van der Waals surface area contributed by atoms with E-state index in [1.807, 2.05) is 0 Å². The molecule has 2 aliphatic carbocycles. The van der Waals surface area contributed by atoms with E-state index in [1.165, 1.54) is 12.3 Å². The summed E-state index contributed by atoms with van der Waals surface area (Å²) in [6.45, 7) is 0.